The van der Waals surface area contributed by atoms with Gasteiger partial charge in [-0.15, -0.1) is 0 Å². The van der Waals surface area contributed by atoms with Gasteiger partial charge < -0.3 is 29.2 Å². The molecular weight excluding hydrogens is 521 g/mol. The molecule has 1 aliphatic heterocycles. The number of hydrogen-bond donors (Lipinski definition) is 2. The minimum Gasteiger partial charge on any atom is -0.506 e. The zero-order chi connectivity index (χ0) is 29.3. The molecule has 12 heteroatoms. The summed E-state index contributed by atoms with van der Waals surface area (Å²) in [5.41, 5.74) is -3.04. The van der Waals surface area contributed by atoms with Gasteiger partial charge in [0.15, 0.2) is 6.04 Å². The molecule has 0 bridgehead atoms. The SMILES string of the molecule is CC(C)(C)OC[C@@H](NC(=O)c1c(O)c2c(n(Cc3ccc(C(F)(F)F)cc3)c1=O)COC2)C(=O)OC(C)(C)C. The Balaban J connectivity index is 1.98. The molecule has 1 aromatic carbocycles. The van der Waals surface area contributed by atoms with Crippen LogP contribution in [0, 0.1) is 0 Å². The van der Waals surface area contributed by atoms with E-state index in [1.807, 2.05) is 0 Å². The van der Waals surface area contributed by atoms with Gasteiger partial charge in [-0.2, -0.15) is 13.2 Å². The molecule has 0 aliphatic carbocycles. The van der Waals surface area contributed by atoms with Crippen molar-refractivity contribution in [2.45, 2.75) is 84.7 Å². The molecule has 1 amide bonds. The Morgan fingerprint density at radius 1 is 1.05 bits per heavy atom. The number of aromatic hydroxyl groups is 1. The van der Waals surface area contributed by atoms with Gasteiger partial charge in [0.05, 0.1) is 43.2 Å². The average Bonchev–Trinajstić information content (AvgIpc) is 3.27. The fourth-order valence-corrected chi connectivity index (χ4v) is 3.83. The first kappa shape index (κ1) is 30.2. The van der Waals surface area contributed by atoms with Crippen molar-refractivity contribution in [1.82, 2.24) is 9.88 Å². The van der Waals surface area contributed by atoms with Gasteiger partial charge in [0.1, 0.15) is 16.9 Å². The summed E-state index contributed by atoms with van der Waals surface area (Å²) >= 11 is 0. The van der Waals surface area contributed by atoms with Gasteiger partial charge in [-0.05, 0) is 59.2 Å². The van der Waals surface area contributed by atoms with Crippen molar-refractivity contribution in [1.29, 1.82) is 0 Å². The minimum atomic E-state index is -4.52. The van der Waals surface area contributed by atoms with E-state index in [1.54, 1.807) is 41.5 Å². The largest absolute Gasteiger partial charge is 0.506 e. The highest BCUT2D eigenvalue weighted by Crippen LogP contribution is 2.31. The van der Waals surface area contributed by atoms with E-state index in [0.717, 1.165) is 12.1 Å². The lowest BCUT2D eigenvalue weighted by molar-refractivity contribution is -0.160. The Labute approximate surface area is 223 Å². The molecule has 9 nitrogen and oxygen atoms in total. The number of alkyl halides is 3. The highest BCUT2D eigenvalue weighted by atomic mass is 19.4. The molecule has 0 spiro atoms. The van der Waals surface area contributed by atoms with Crippen LogP contribution in [0.15, 0.2) is 29.1 Å². The van der Waals surface area contributed by atoms with Crippen LogP contribution < -0.4 is 10.9 Å². The van der Waals surface area contributed by atoms with Crippen molar-refractivity contribution in [2.24, 2.45) is 0 Å². The van der Waals surface area contributed by atoms with Gasteiger partial charge in [0.2, 0.25) is 0 Å². The minimum absolute atomic E-state index is 0.0410. The third-order valence-electron chi connectivity index (χ3n) is 5.67. The van der Waals surface area contributed by atoms with Crippen LogP contribution in [0.2, 0.25) is 0 Å². The number of benzene rings is 1. The van der Waals surface area contributed by atoms with Crippen molar-refractivity contribution in [2.75, 3.05) is 6.61 Å². The average molecular weight is 555 g/mol. The Morgan fingerprint density at radius 3 is 2.21 bits per heavy atom. The molecule has 0 saturated carbocycles. The Bertz CT molecular complexity index is 1290. The molecule has 3 rings (SSSR count). The number of esters is 1. The molecule has 1 atom stereocenters. The number of nitrogens with zero attached hydrogens (tertiary/aromatic N) is 1. The van der Waals surface area contributed by atoms with Crippen LogP contribution >= 0.6 is 0 Å². The fraction of sp³-hybridized carbons (Fsp3) is 0.519. The van der Waals surface area contributed by atoms with E-state index >= 15 is 0 Å². The molecule has 0 unspecified atom stereocenters. The van der Waals surface area contributed by atoms with Gasteiger partial charge in [-0.1, -0.05) is 12.1 Å². The van der Waals surface area contributed by atoms with Crippen LogP contribution in [-0.2, 0) is 44.9 Å². The number of fused-ring (bicyclic) bond motifs is 1. The van der Waals surface area contributed by atoms with E-state index in [2.05, 4.69) is 5.32 Å². The van der Waals surface area contributed by atoms with Crippen molar-refractivity contribution in [3.05, 3.63) is 62.6 Å². The summed E-state index contributed by atoms with van der Waals surface area (Å²) in [6.45, 7) is 9.66. The lowest BCUT2D eigenvalue weighted by atomic mass is 10.1. The highest BCUT2D eigenvalue weighted by molar-refractivity contribution is 5.99. The Morgan fingerprint density at radius 2 is 1.67 bits per heavy atom. The van der Waals surface area contributed by atoms with E-state index < -0.39 is 57.7 Å². The number of aromatic nitrogens is 1. The number of amides is 1. The van der Waals surface area contributed by atoms with Crippen LogP contribution in [0.1, 0.15) is 74.3 Å². The van der Waals surface area contributed by atoms with Crippen LogP contribution in [0.5, 0.6) is 5.75 Å². The van der Waals surface area contributed by atoms with E-state index in [4.69, 9.17) is 14.2 Å². The van der Waals surface area contributed by atoms with Crippen molar-refractivity contribution < 1.29 is 42.1 Å². The summed E-state index contributed by atoms with van der Waals surface area (Å²) in [6, 6.07) is 2.94. The molecule has 0 radical (unpaired) electrons. The third kappa shape index (κ3) is 7.60. The summed E-state index contributed by atoms with van der Waals surface area (Å²) in [6.07, 6.45) is -4.52. The quantitative estimate of drug-likeness (QED) is 0.499. The monoisotopic (exact) mass is 554 g/mol. The summed E-state index contributed by atoms with van der Waals surface area (Å²) < 4.78 is 56.5. The molecular formula is C27H33F3N2O7. The van der Waals surface area contributed by atoms with Crippen molar-refractivity contribution in [3.63, 3.8) is 0 Å². The maximum absolute atomic E-state index is 13.5. The molecule has 1 aliphatic rings. The van der Waals surface area contributed by atoms with E-state index in [1.165, 1.54) is 16.7 Å². The predicted molar refractivity (Wildman–Crippen MR) is 134 cm³/mol. The third-order valence-corrected chi connectivity index (χ3v) is 5.67. The molecule has 0 fully saturated rings. The van der Waals surface area contributed by atoms with Crippen LogP contribution in [0.25, 0.3) is 0 Å². The van der Waals surface area contributed by atoms with Gasteiger partial charge in [0.25, 0.3) is 11.5 Å². The van der Waals surface area contributed by atoms with Gasteiger partial charge >= 0.3 is 12.1 Å². The normalized spacial score (nSPS) is 14.6. The summed E-state index contributed by atoms with van der Waals surface area (Å²) in [7, 11) is 0. The fourth-order valence-electron chi connectivity index (χ4n) is 3.83. The van der Waals surface area contributed by atoms with E-state index in [0.29, 0.717) is 11.3 Å². The molecule has 2 N–H and O–H groups in total. The summed E-state index contributed by atoms with van der Waals surface area (Å²) in [5, 5.41) is 13.3. The number of carbonyl (C=O) groups excluding carboxylic acids is 2. The summed E-state index contributed by atoms with van der Waals surface area (Å²) in [4.78, 5) is 39.7. The Hall–Kier alpha value is -3.38. The standard InChI is InChI=1S/C27H33F3N2O7/c1-25(2,3)38-13-18(24(36)39-26(4,5)6)31-22(34)20-21(33)17-12-37-14-19(17)32(23(20)35)11-15-7-9-16(10-8-15)27(28,29)30/h7-10,18,33H,11-14H2,1-6H3,(H,31,34)/t18-/m1/s1. The predicted octanol–water partition coefficient (Wildman–Crippen LogP) is 3.91. The molecule has 2 aromatic rings. The lowest BCUT2D eigenvalue weighted by Crippen LogP contribution is -2.49. The number of rotatable bonds is 7. The van der Waals surface area contributed by atoms with Crippen molar-refractivity contribution >= 4 is 11.9 Å². The maximum Gasteiger partial charge on any atom is 0.416 e. The first-order valence-electron chi connectivity index (χ1n) is 12.3. The highest BCUT2D eigenvalue weighted by Gasteiger charge is 2.34. The van der Waals surface area contributed by atoms with Gasteiger partial charge in [-0.25, -0.2) is 4.79 Å². The lowest BCUT2D eigenvalue weighted by Gasteiger charge is -2.27. The zero-order valence-corrected chi connectivity index (χ0v) is 22.7. The zero-order valence-electron chi connectivity index (χ0n) is 22.7. The first-order chi connectivity index (χ1) is 17.9. The second-order valence-electron chi connectivity index (χ2n) is 11.2. The number of ether oxygens (including phenoxy) is 3. The summed E-state index contributed by atoms with van der Waals surface area (Å²) in [5.74, 6) is -2.43. The molecule has 2 heterocycles. The van der Waals surface area contributed by atoms with Crippen molar-refractivity contribution in [3.8, 4) is 5.75 Å². The number of pyridine rings is 1. The molecule has 1 aromatic heterocycles. The number of halogens is 3. The second-order valence-corrected chi connectivity index (χ2v) is 11.2. The topological polar surface area (TPSA) is 116 Å². The molecule has 39 heavy (non-hydrogen) atoms. The number of carbonyl (C=O) groups is 2. The maximum atomic E-state index is 13.5. The van der Waals surface area contributed by atoms with E-state index in [9.17, 15) is 32.7 Å². The number of nitrogens with one attached hydrogen (secondary N) is 1. The second kappa shape index (κ2) is 11.0. The first-order valence-corrected chi connectivity index (χ1v) is 12.3. The van der Waals surface area contributed by atoms with Crippen LogP contribution in [0.4, 0.5) is 13.2 Å². The van der Waals surface area contributed by atoms with E-state index in [-0.39, 0.29) is 31.9 Å². The molecule has 0 saturated heterocycles. The van der Waals surface area contributed by atoms with Gasteiger partial charge in [0, 0.05) is 5.56 Å². The smallest absolute Gasteiger partial charge is 0.416 e. The van der Waals surface area contributed by atoms with Crippen LogP contribution in [-0.4, -0.2) is 45.4 Å². The molecule has 214 valence electrons. The Kier molecular flexibility index (Phi) is 8.51. The van der Waals surface area contributed by atoms with Crippen LogP contribution in [0.3, 0.4) is 0 Å². The number of hydrogen-bond acceptors (Lipinski definition) is 7. The van der Waals surface area contributed by atoms with Gasteiger partial charge in [-0.3, -0.25) is 9.59 Å².